The van der Waals surface area contributed by atoms with Crippen molar-refractivity contribution in [2.24, 2.45) is 0 Å². The summed E-state index contributed by atoms with van der Waals surface area (Å²) in [6.45, 7) is 4.75. The fourth-order valence-corrected chi connectivity index (χ4v) is 4.22. The Kier molecular flexibility index (Phi) is 7.65. The highest BCUT2D eigenvalue weighted by molar-refractivity contribution is 6.33. The molecule has 0 saturated carbocycles. The maximum absolute atomic E-state index is 12.9. The number of aromatic nitrogens is 2. The van der Waals surface area contributed by atoms with Crippen LogP contribution in [0.2, 0.25) is 10.0 Å². The molecule has 2 amide bonds. The van der Waals surface area contributed by atoms with Gasteiger partial charge in [0.1, 0.15) is 6.54 Å². The molecule has 2 heterocycles. The molecule has 9 heteroatoms. The highest BCUT2D eigenvalue weighted by atomic mass is 35.5. The Morgan fingerprint density at radius 1 is 0.912 bits per heavy atom. The van der Waals surface area contributed by atoms with Crippen LogP contribution in [0.3, 0.4) is 0 Å². The molecule has 0 aliphatic carbocycles. The maximum Gasteiger partial charge on any atom is 0.254 e. The molecular formula is C25H25Cl2N5O2. The van der Waals surface area contributed by atoms with E-state index < -0.39 is 0 Å². The van der Waals surface area contributed by atoms with E-state index in [-0.39, 0.29) is 18.4 Å². The van der Waals surface area contributed by atoms with Crippen molar-refractivity contribution in [3.8, 4) is 11.3 Å². The Morgan fingerprint density at radius 3 is 2.24 bits per heavy atom. The van der Waals surface area contributed by atoms with E-state index >= 15 is 0 Å². The largest absolute Gasteiger partial charge is 0.352 e. The average molecular weight is 498 g/mol. The third kappa shape index (κ3) is 5.48. The van der Waals surface area contributed by atoms with Gasteiger partial charge in [0, 0.05) is 48.9 Å². The van der Waals surface area contributed by atoms with Gasteiger partial charge in [-0.2, -0.15) is 0 Å². The van der Waals surface area contributed by atoms with Crippen molar-refractivity contribution in [1.82, 2.24) is 20.0 Å². The Morgan fingerprint density at radius 2 is 1.62 bits per heavy atom. The summed E-state index contributed by atoms with van der Waals surface area (Å²) in [4.78, 5) is 31.1. The fourth-order valence-electron chi connectivity index (χ4n) is 3.86. The molecule has 1 aliphatic heterocycles. The number of piperazine rings is 1. The number of hydrogen-bond donors (Lipinski definition) is 0. The zero-order valence-corrected chi connectivity index (χ0v) is 20.3. The monoisotopic (exact) mass is 497 g/mol. The summed E-state index contributed by atoms with van der Waals surface area (Å²) in [7, 11) is 0. The van der Waals surface area contributed by atoms with Crippen LogP contribution in [0.15, 0.2) is 60.7 Å². The first kappa shape index (κ1) is 24.0. The minimum Gasteiger partial charge on any atom is -0.352 e. The van der Waals surface area contributed by atoms with Crippen LogP contribution in [0.1, 0.15) is 17.3 Å². The van der Waals surface area contributed by atoms with Gasteiger partial charge in [0.2, 0.25) is 5.91 Å². The molecule has 0 bridgehead atoms. The Labute approximate surface area is 208 Å². The van der Waals surface area contributed by atoms with Gasteiger partial charge in [-0.05, 0) is 49.4 Å². The molecule has 1 fully saturated rings. The highest BCUT2D eigenvalue weighted by Gasteiger charge is 2.25. The molecule has 2 aromatic carbocycles. The summed E-state index contributed by atoms with van der Waals surface area (Å²) in [6, 6.07) is 18.1. The average Bonchev–Trinajstić information content (AvgIpc) is 2.88. The molecular weight excluding hydrogens is 473 g/mol. The molecule has 0 N–H and O–H groups in total. The van der Waals surface area contributed by atoms with Crippen molar-refractivity contribution in [3.05, 3.63) is 76.3 Å². The smallest absolute Gasteiger partial charge is 0.254 e. The molecule has 0 atom stereocenters. The molecule has 34 heavy (non-hydrogen) atoms. The van der Waals surface area contributed by atoms with Crippen molar-refractivity contribution in [3.63, 3.8) is 0 Å². The van der Waals surface area contributed by atoms with Gasteiger partial charge in [-0.3, -0.25) is 9.59 Å². The van der Waals surface area contributed by atoms with Crippen LogP contribution in [0.5, 0.6) is 0 Å². The number of halogens is 2. The number of benzene rings is 2. The number of likely N-dealkylation sites (N-methyl/N-ethyl adjacent to an activating group) is 1. The lowest BCUT2D eigenvalue weighted by molar-refractivity contribution is -0.132. The molecule has 3 aromatic rings. The number of carbonyl (C=O) groups excluding carboxylic acids is 2. The molecule has 7 nitrogen and oxygen atoms in total. The summed E-state index contributed by atoms with van der Waals surface area (Å²) >= 11 is 12.2. The Bertz CT molecular complexity index is 1150. The van der Waals surface area contributed by atoms with E-state index in [0.717, 1.165) is 11.4 Å². The van der Waals surface area contributed by atoms with E-state index in [1.165, 1.54) is 0 Å². The Balaban J connectivity index is 1.33. The highest BCUT2D eigenvalue weighted by Crippen LogP contribution is 2.26. The first-order valence-corrected chi connectivity index (χ1v) is 11.9. The van der Waals surface area contributed by atoms with Gasteiger partial charge in [-0.25, -0.2) is 0 Å². The van der Waals surface area contributed by atoms with Crippen LogP contribution < -0.4 is 4.90 Å². The third-order valence-electron chi connectivity index (χ3n) is 5.84. The zero-order valence-electron chi connectivity index (χ0n) is 18.8. The number of rotatable bonds is 6. The van der Waals surface area contributed by atoms with E-state index in [9.17, 15) is 9.59 Å². The topological polar surface area (TPSA) is 69.6 Å². The lowest BCUT2D eigenvalue weighted by atomic mass is 10.1. The number of amides is 2. The fraction of sp³-hybridized carbons (Fsp3) is 0.280. The molecule has 0 spiro atoms. The molecule has 1 saturated heterocycles. The number of carbonyl (C=O) groups is 2. The molecule has 176 valence electrons. The summed E-state index contributed by atoms with van der Waals surface area (Å²) in [5.41, 5.74) is 2.07. The number of hydrogen-bond acceptors (Lipinski definition) is 5. The summed E-state index contributed by atoms with van der Waals surface area (Å²) in [6.07, 6.45) is 0. The molecule has 1 aromatic heterocycles. The minimum absolute atomic E-state index is 0.0459. The summed E-state index contributed by atoms with van der Waals surface area (Å²) in [5.74, 6) is 0.514. The molecule has 0 radical (unpaired) electrons. The second-order valence-electron chi connectivity index (χ2n) is 7.95. The van der Waals surface area contributed by atoms with Gasteiger partial charge in [-0.15, -0.1) is 10.2 Å². The van der Waals surface area contributed by atoms with Crippen LogP contribution in [0, 0.1) is 0 Å². The third-order valence-corrected chi connectivity index (χ3v) is 6.42. The minimum atomic E-state index is -0.181. The van der Waals surface area contributed by atoms with Crippen molar-refractivity contribution in [2.45, 2.75) is 6.92 Å². The molecule has 0 unspecified atom stereocenters. The molecule has 4 rings (SSSR count). The zero-order chi connectivity index (χ0) is 24.1. The number of anilines is 1. The van der Waals surface area contributed by atoms with E-state index in [2.05, 4.69) is 15.1 Å². The van der Waals surface area contributed by atoms with Gasteiger partial charge in [0.05, 0.1) is 10.7 Å². The predicted molar refractivity (Wildman–Crippen MR) is 134 cm³/mol. The lowest BCUT2D eigenvalue weighted by Crippen LogP contribution is -2.52. The predicted octanol–water partition coefficient (Wildman–Crippen LogP) is 4.26. The first-order chi connectivity index (χ1) is 16.5. The maximum atomic E-state index is 12.9. The number of nitrogens with zero attached hydrogens (tertiary/aromatic N) is 5. The summed E-state index contributed by atoms with van der Waals surface area (Å²) < 4.78 is 0. The van der Waals surface area contributed by atoms with Crippen molar-refractivity contribution in [1.29, 1.82) is 0 Å². The van der Waals surface area contributed by atoms with Crippen molar-refractivity contribution in [2.75, 3.05) is 44.2 Å². The van der Waals surface area contributed by atoms with Crippen LogP contribution in [-0.2, 0) is 4.79 Å². The van der Waals surface area contributed by atoms with Crippen LogP contribution in [0.25, 0.3) is 11.3 Å². The Hall–Kier alpha value is -3.16. The van der Waals surface area contributed by atoms with Crippen molar-refractivity contribution >= 4 is 40.8 Å². The van der Waals surface area contributed by atoms with Gasteiger partial charge >= 0.3 is 0 Å². The van der Waals surface area contributed by atoms with Gasteiger partial charge in [-0.1, -0.05) is 41.4 Å². The summed E-state index contributed by atoms with van der Waals surface area (Å²) in [5, 5.41) is 9.90. The second-order valence-corrected chi connectivity index (χ2v) is 8.79. The SMILES string of the molecule is CCN(CC(=O)N1CCN(c2ccc(-c3ccccc3Cl)nn2)CC1)C(=O)c1ccc(Cl)cc1. The van der Waals surface area contributed by atoms with Gasteiger partial charge in [0.15, 0.2) is 5.82 Å². The van der Waals surface area contributed by atoms with Crippen molar-refractivity contribution < 1.29 is 9.59 Å². The second kappa shape index (κ2) is 10.8. The van der Waals surface area contributed by atoms with Crippen LogP contribution in [-0.4, -0.2) is 71.1 Å². The van der Waals surface area contributed by atoms with Gasteiger partial charge < -0.3 is 14.7 Å². The lowest BCUT2D eigenvalue weighted by Gasteiger charge is -2.36. The van der Waals surface area contributed by atoms with E-state index in [4.69, 9.17) is 23.2 Å². The van der Waals surface area contributed by atoms with Gasteiger partial charge in [0.25, 0.3) is 5.91 Å². The van der Waals surface area contributed by atoms with E-state index in [1.54, 1.807) is 34.1 Å². The van der Waals surface area contributed by atoms with E-state index in [0.29, 0.717) is 54.0 Å². The normalized spacial score (nSPS) is 13.6. The molecule has 1 aliphatic rings. The quantitative estimate of drug-likeness (QED) is 0.508. The first-order valence-electron chi connectivity index (χ1n) is 11.1. The standard InChI is InChI=1S/C25H25Cl2N5O2/c1-2-30(25(34)18-7-9-19(26)10-8-18)17-24(33)32-15-13-31(14-16-32)23-12-11-22(28-29-23)20-5-3-4-6-21(20)27/h3-12H,2,13-17H2,1H3. The van der Waals surface area contributed by atoms with Crippen LogP contribution in [0.4, 0.5) is 5.82 Å². The van der Waals surface area contributed by atoms with Crippen LogP contribution >= 0.6 is 23.2 Å². The van der Waals surface area contributed by atoms with E-state index in [1.807, 2.05) is 43.3 Å².